The SMILES string of the molecule is [Li+].[NH-]c1c([CH-]C2=CCCNC2)cccc1C1COC1. The van der Waals surface area contributed by atoms with Gasteiger partial charge in [-0.1, -0.05) is 18.1 Å². The fourth-order valence-electron chi connectivity index (χ4n) is 2.44. The van der Waals surface area contributed by atoms with Gasteiger partial charge in [0.1, 0.15) is 0 Å². The number of benzene rings is 1. The van der Waals surface area contributed by atoms with Gasteiger partial charge in [-0.3, -0.25) is 0 Å². The summed E-state index contributed by atoms with van der Waals surface area (Å²) in [5.41, 5.74) is 12.4. The topological polar surface area (TPSA) is 45.1 Å². The first-order chi connectivity index (χ1) is 8.84. The summed E-state index contributed by atoms with van der Waals surface area (Å²) < 4.78 is 5.22. The van der Waals surface area contributed by atoms with E-state index in [9.17, 15) is 0 Å². The summed E-state index contributed by atoms with van der Waals surface area (Å²) in [7, 11) is 0. The van der Waals surface area contributed by atoms with Gasteiger partial charge in [-0.05, 0) is 6.54 Å². The zero-order chi connectivity index (χ0) is 12.4. The summed E-state index contributed by atoms with van der Waals surface area (Å²) in [4.78, 5) is 0. The summed E-state index contributed by atoms with van der Waals surface area (Å²) in [5.74, 6) is 0.421. The number of rotatable bonds is 3. The van der Waals surface area contributed by atoms with Crippen molar-refractivity contribution in [2.75, 3.05) is 26.3 Å². The van der Waals surface area contributed by atoms with Crippen molar-refractivity contribution in [2.24, 2.45) is 0 Å². The normalized spacial score (nSPS) is 19.1. The minimum absolute atomic E-state index is 0. The third-order valence-electron chi connectivity index (χ3n) is 3.60. The standard InChI is InChI=1S/C15H18N2O.Li/c16-15-12(7-11-3-2-6-17-8-11)4-1-5-14(15)13-9-18-10-13;/h1,3-5,7,13,16-17H,2,6,8-10H2;/q-2;+1. The van der Waals surface area contributed by atoms with E-state index >= 15 is 0 Å². The molecule has 0 atom stereocenters. The van der Waals surface area contributed by atoms with Crippen LogP contribution in [0.4, 0.5) is 5.69 Å². The van der Waals surface area contributed by atoms with Crippen molar-refractivity contribution in [3.8, 4) is 0 Å². The van der Waals surface area contributed by atoms with Crippen molar-refractivity contribution < 1.29 is 23.6 Å². The molecule has 19 heavy (non-hydrogen) atoms. The van der Waals surface area contributed by atoms with Gasteiger partial charge in [0.15, 0.2) is 0 Å². The van der Waals surface area contributed by atoms with Crippen LogP contribution in [0.2, 0.25) is 0 Å². The van der Waals surface area contributed by atoms with Crippen LogP contribution < -0.4 is 24.2 Å². The van der Waals surface area contributed by atoms with Gasteiger partial charge in [-0.2, -0.15) is 5.56 Å². The van der Waals surface area contributed by atoms with Gasteiger partial charge in [0.25, 0.3) is 0 Å². The Labute approximate surface area is 126 Å². The molecule has 2 N–H and O–H groups in total. The Bertz CT molecular complexity index is 469. The summed E-state index contributed by atoms with van der Waals surface area (Å²) in [6.07, 6.45) is 5.47. The Kier molecular flexibility index (Phi) is 5.01. The van der Waals surface area contributed by atoms with E-state index in [0.29, 0.717) is 11.6 Å². The monoisotopic (exact) mass is 249 g/mol. The first kappa shape index (κ1) is 14.6. The molecule has 0 aromatic heterocycles. The summed E-state index contributed by atoms with van der Waals surface area (Å²) in [6, 6.07) is 6.13. The molecule has 0 unspecified atom stereocenters. The number of hydrogen-bond donors (Lipinski definition) is 1. The number of ether oxygens (including phenoxy) is 1. The largest absolute Gasteiger partial charge is 1.00 e. The second-order valence-electron chi connectivity index (χ2n) is 4.93. The Morgan fingerprint density at radius 2 is 2.16 bits per heavy atom. The summed E-state index contributed by atoms with van der Waals surface area (Å²) >= 11 is 0. The van der Waals surface area contributed by atoms with Crippen LogP contribution in [0.1, 0.15) is 23.5 Å². The average molecular weight is 249 g/mol. The molecule has 0 bridgehead atoms. The predicted molar refractivity (Wildman–Crippen MR) is 73.0 cm³/mol. The van der Waals surface area contributed by atoms with Crippen LogP contribution in [-0.4, -0.2) is 26.3 Å². The molecule has 3 nitrogen and oxygen atoms in total. The van der Waals surface area contributed by atoms with E-state index in [1.165, 1.54) is 5.57 Å². The van der Waals surface area contributed by atoms with Crippen LogP contribution in [0.3, 0.4) is 0 Å². The van der Waals surface area contributed by atoms with E-state index in [-0.39, 0.29) is 18.9 Å². The molecule has 1 saturated heterocycles. The van der Waals surface area contributed by atoms with Gasteiger partial charge < -0.3 is 15.8 Å². The Morgan fingerprint density at radius 3 is 2.79 bits per heavy atom. The number of nitrogens with one attached hydrogen (secondary N) is 2. The predicted octanol–water partition coefficient (Wildman–Crippen LogP) is -0.0398. The molecule has 0 amide bonds. The van der Waals surface area contributed by atoms with E-state index in [1.54, 1.807) is 0 Å². The smallest absolute Gasteiger partial charge is 0.742 e. The fourth-order valence-corrected chi connectivity index (χ4v) is 2.44. The van der Waals surface area contributed by atoms with Gasteiger partial charge in [0, 0.05) is 12.5 Å². The Hall–Kier alpha value is -0.853. The first-order valence-corrected chi connectivity index (χ1v) is 6.51. The van der Waals surface area contributed by atoms with E-state index in [0.717, 1.165) is 43.9 Å². The van der Waals surface area contributed by atoms with Gasteiger partial charge in [-0.25, -0.2) is 5.69 Å². The van der Waals surface area contributed by atoms with Crippen LogP contribution in [0.15, 0.2) is 29.8 Å². The van der Waals surface area contributed by atoms with Crippen molar-refractivity contribution >= 4 is 5.69 Å². The van der Waals surface area contributed by atoms with Crippen LogP contribution in [0, 0.1) is 6.42 Å². The molecule has 4 heteroatoms. The van der Waals surface area contributed by atoms with Crippen molar-refractivity contribution in [2.45, 2.75) is 12.3 Å². The molecule has 96 valence electrons. The Balaban J connectivity index is 0.00000133. The molecule has 0 saturated carbocycles. The minimum atomic E-state index is 0. The summed E-state index contributed by atoms with van der Waals surface area (Å²) in [6.45, 7) is 3.50. The zero-order valence-electron chi connectivity index (χ0n) is 11.4. The third-order valence-corrected chi connectivity index (χ3v) is 3.60. The van der Waals surface area contributed by atoms with Gasteiger partial charge in [0.2, 0.25) is 0 Å². The average Bonchev–Trinajstić information content (AvgIpc) is 2.33. The molecular formula is C15H18LiN2O-. The van der Waals surface area contributed by atoms with E-state index in [2.05, 4.69) is 23.9 Å². The maximum Gasteiger partial charge on any atom is 1.00 e. The van der Waals surface area contributed by atoms with Crippen LogP contribution in [-0.2, 0) is 4.74 Å². The first-order valence-electron chi connectivity index (χ1n) is 6.51. The van der Waals surface area contributed by atoms with Crippen LogP contribution in [0.5, 0.6) is 0 Å². The molecule has 2 heterocycles. The van der Waals surface area contributed by atoms with E-state index in [4.69, 9.17) is 10.5 Å². The molecular weight excluding hydrogens is 231 g/mol. The third kappa shape index (κ3) is 3.18. The molecule has 3 rings (SSSR count). The fraction of sp³-hybridized carbons (Fsp3) is 0.400. The molecule has 2 aliphatic rings. The van der Waals surface area contributed by atoms with Gasteiger partial charge in [-0.15, -0.1) is 30.2 Å². The molecule has 1 fully saturated rings. The molecule has 1 aromatic carbocycles. The van der Waals surface area contributed by atoms with E-state index < -0.39 is 0 Å². The van der Waals surface area contributed by atoms with Crippen molar-refractivity contribution in [3.63, 3.8) is 0 Å². The maximum absolute atomic E-state index is 8.30. The second-order valence-corrected chi connectivity index (χ2v) is 4.93. The molecule has 1 aromatic rings. The van der Waals surface area contributed by atoms with Crippen molar-refractivity contribution in [3.05, 3.63) is 53.1 Å². The zero-order valence-corrected chi connectivity index (χ0v) is 11.4. The maximum atomic E-state index is 8.30. The van der Waals surface area contributed by atoms with Crippen molar-refractivity contribution in [1.29, 1.82) is 0 Å². The quantitative estimate of drug-likeness (QED) is 0.603. The summed E-state index contributed by atoms with van der Waals surface area (Å²) in [5, 5.41) is 3.35. The van der Waals surface area contributed by atoms with Crippen LogP contribution in [0.25, 0.3) is 5.73 Å². The molecule has 2 aliphatic heterocycles. The van der Waals surface area contributed by atoms with Crippen LogP contribution >= 0.6 is 0 Å². The molecule has 0 radical (unpaired) electrons. The Morgan fingerprint density at radius 1 is 1.32 bits per heavy atom. The molecule has 0 aliphatic carbocycles. The van der Waals surface area contributed by atoms with Gasteiger partial charge >= 0.3 is 18.9 Å². The van der Waals surface area contributed by atoms with Crippen molar-refractivity contribution in [1.82, 2.24) is 5.32 Å². The number of hydrogen-bond acceptors (Lipinski definition) is 2. The van der Waals surface area contributed by atoms with Gasteiger partial charge in [0.05, 0.1) is 13.2 Å². The minimum Gasteiger partial charge on any atom is -0.742 e. The molecule has 0 spiro atoms. The second kappa shape index (κ2) is 6.54. The van der Waals surface area contributed by atoms with E-state index in [1.807, 2.05) is 12.1 Å².